The largest absolute Gasteiger partial charge is 0.490 e. The van der Waals surface area contributed by atoms with E-state index in [9.17, 15) is 4.39 Å². The summed E-state index contributed by atoms with van der Waals surface area (Å²) in [6, 6.07) is 4.72. The molecule has 0 saturated heterocycles. The fourth-order valence-electron chi connectivity index (χ4n) is 1.97. The third-order valence-corrected chi connectivity index (χ3v) is 3.04. The van der Waals surface area contributed by atoms with Gasteiger partial charge in [-0.25, -0.2) is 4.39 Å². The van der Waals surface area contributed by atoms with Crippen molar-refractivity contribution < 1.29 is 13.7 Å². The molecule has 0 fully saturated rings. The quantitative estimate of drug-likeness (QED) is 0.785. The van der Waals surface area contributed by atoms with Crippen LogP contribution < -0.4 is 4.74 Å². The number of nitrogens with zero attached hydrogens (tertiary/aromatic N) is 2. The average Bonchev–Trinajstić information content (AvgIpc) is 2.82. The number of aromatic nitrogens is 1. The monoisotopic (exact) mass is 274 g/mol. The van der Waals surface area contributed by atoms with Gasteiger partial charge in [-0.2, -0.15) is 5.26 Å². The van der Waals surface area contributed by atoms with Gasteiger partial charge in [0, 0.05) is 5.56 Å². The summed E-state index contributed by atoms with van der Waals surface area (Å²) in [5, 5.41) is 12.5. The lowest BCUT2D eigenvalue weighted by Crippen LogP contribution is -2.03. The maximum absolute atomic E-state index is 13.8. The predicted octanol–water partition coefficient (Wildman–Crippen LogP) is 3.31. The highest BCUT2D eigenvalue weighted by Crippen LogP contribution is 2.24. The highest BCUT2D eigenvalue weighted by Gasteiger charge is 2.10. The molecule has 0 aliphatic rings. The Balaban J connectivity index is 1.92. The Bertz CT molecular complexity index is 621. The zero-order valence-corrected chi connectivity index (χ0v) is 11.4. The van der Waals surface area contributed by atoms with Crippen LogP contribution in [0.25, 0.3) is 0 Å². The SMILES string of the molecule is Cc1cc(C#N)cc(F)c1OCCCc1conc1C. The minimum atomic E-state index is -0.497. The first kappa shape index (κ1) is 14.1. The predicted molar refractivity (Wildman–Crippen MR) is 70.9 cm³/mol. The van der Waals surface area contributed by atoms with Crippen molar-refractivity contribution in [2.75, 3.05) is 6.61 Å². The normalized spacial score (nSPS) is 10.3. The highest BCUT2D eigenvalue weighted by atomic mass is 19.1. The third-order valence-electron chi connectivity index (χ3n) is 3.04. The van der Waals surface area contributed by atoms with Gasteiger partial charge in [-0.1, -0.05) is 5.16 Å². The molecule has 0 saturated carbocycles. The van der Waals surface area contributed by atoms with Crippen molar-refractivity contribution in [3.05, 3.63) is 46.6 Å². The summed E-state index contributed by atoms with van der Waals surface area (Å²) in [6.45, 7) is 4.00. The summed E-state index contributed by atoms with van der Waals surface area (Å²) in [6.07, 6.45) is 3.12. The van der Waals surface area contributed by atoms with E-state index >= 15 is 0 Å². The van der Waals surface area contributed by atoms with Gasteiger partial charge in [0.2, 0.25) is 0 Å². The van der Waals surface area contributed by atoms with E-state index in [2.05, 4.69) is 5.16 Å². The number of halogens is 1. The van der Waals surface area contributed by atoms with E-state index in [-0.39, 0.29) is 5.75 Å². The molecule has 20 heavy (non-hydrogen) atoms. The van der Waals surface area contributed by atoms with Crippen LogP contribution in [-0.4, -0.2) is 11.8 Å². The van der Waals surface area contributed by atoms with Crippen molar-refractivity contribution in [3.8, 4) is 11.8 Å². The third kappa shape index (κ3) is 3.15. The molecule has 0 N–H and O–H groups in total. The molecular formula is C15H15FN2O2. The molecule has 0 unspecified atom stereocenters. The smallest absolute Gasteiger partial charge is 0.166 e. The van der Waals surface area contributed by atoms with Gasteiger partial charge in [-0.05, 0) is 44.4 Å². The average molecular weight is 274 g/mol. The van der Waals surface area contributed by atoms with Gasteiger partial charge in [0.05, 0.1) is 23.9 Å². The van der Waals surface area contributed by atoms with E-state index in [4.69, 9.17) is 14.5 Å². The van der Waals surface area contributed by atoms with Crippen LogP contribution >= 0.6 is 0 Å². The molecule has 2 aromatic rings. The Morgan fingerprint density at radius 3 is 2.80 bits per heavy atom. The number of rotatable bonds is 5. The van der Waals surface area contributed by atoms with Crippen LogP contribution in [0, 0.1) is 31.0 Å². The number of aryl methyl sites for hydroxylation is 3. The Morgan fingerprint density at radius 1 is 1.40 bits per heavy atom. The van der Waals surface area contributed by atoms with Gasteiger partial charge in [-0.3, -0.25) is 0 Å². The molecule has 2 rings (SSSR count). The van der Waals surface area contributed by atoms with E-state index in [1.807, 2.05) is 13.0 Å². The van der Waals surface area contributed by atoms with Crippen LogP contribution in [0.4, 0.5) is 4.39 Å². The maximum Gasteiger partial charge on any atom is 0.166 e. The van der Waals surface area contributed by atoms with Crippen LogP contribution in [0.15, 0.2) is 22.9 Å². The Kier molecular flexibility index (Phi) is 4.36. The Labute approximate surface area is 116 Å². The van der Waals surface area contributed by atoms with E-state index in [1.54, 1.807) is 19.3 Å². The minimum absolute atomic E-state index is 0.214. The fraction of sp³-hybridized carbons (Fsp3) is 0.333. The molecule has 5 heteroatoms. The summed E-state index contributed by atoms with van der Waals surface area (Å²) < 4.78 is 24.1. The molecule has 0 atom stereocenters. The number of ether oxygens (including phenoxy) is 1. The number of hydrogen-bond acceptors (Lipinski definition) is 4. The number of nitriles is 1. The van der Waals surface area contributed by atoms with E-state index < -0.39 is 5.82 Å². The standard InChI is InChI=1S/C15H15FN2O2/c1-10-6-12(8-17)7-14(16)15(10)19-5-3-4-13-9-20-18-11(13)2/h6-7,9H,3-5H2,1-2H3. The zero-order valence-electron chi connectivity index (χ0n) is 11.4. The Morgan fingerprint density at radius 2 is 2.20 bits per heavy atom. The van der Waals surface area contributed by atoms with Crippen molar-refractivity contribution in [2.24, 2.45) is 0 Å². The second-order valence-electron chi connectivity index (χ2n) is 4.59. The van der Waals surface area contributed by atoms with Gasteiger partial charge >= 0.3 is 0 Å². The lowest BCUT2D eigenvalue weighted by molar-refractivity contribution is 0.293. The van der Waals surface area contributed by atoms with Gasteiger partial charge < -0.3 is 9.26 Å². The van der Waals surface area contributed by atoms with Crippen molar-refractivity contribution in [1.29, 1.82) is 5.26 Å². The second kappa shape index (κ2) is 6.20. The van der Waals surface area contributed by atoms with Crippen molar-refractivity contribution in [1.82, 2.24) is 5.16 Å². The molecule has 1 aromatic carbocycles. The van der Waals surface area contributed by atoms with Crippen LogP contribution in [0.2, 0.25) is 0 Å². The fourth-order valence-corrected chi connectivity index (χ4v) is 1.97. The molecule has 0 aliphatic heterocycles. The molecule has 1 heterocycles. The van der Waals surface area contributed by atoms with E-state index in [0.29, 0.717) is 17.7 Å². The van der Waals surface area contributed by atoms with Gasteiger partial charge in [-0.15, -0.1) is 0 Å². The molecule has 0 bridgehead atoms. The molecule has 0 spiro atoms. The number of hydrogen-bond donors (Lipinski definition) is 0. The molecule has 0 aliphatic carbocycles. The van der Waals surface area contributed by atoms with Crippen molar-refractivity contribution in [2.45, 2.75) is 26.7 Å². The lowest BCUT2D eigenvalue weighted by Gasteiger charge is -2.10. The van der Waals surface area contributed by atoms with Crippen LogP contribution in [0.3, 0.4) is 0 Å². The Hall–Kier alpha value is -2.35. The van der Waals surface area contributed by atoms with Gasteiger partial charge in [0.15, 0.2) is 11.6 Å². The van der Waals surface area contributed by atoms with Gasteiger partial charge in [0.1, 0.15) is 6.26 Å². The molecule has 1 aromatic heterocycles. The highest BCUT2D eigenvalue weighted by molar-refractivity contribution is 5.42. The number of benzene rings is 1. The first-order chi connectivity index (χ1) is 9.61. The van der Waals surface area contributed by atoms with Crippen LogP contribution in [-0.2, 0) is 6.42 Å². The van der Waals surface area contributed by atoms with Crippen molar-refractivity contribution >= 4 is 0 Å². The van der Waals surface area contributed by atoms with Gasteiger partial charge in [0.25, 0.3) is 0 Å². The first-order valence-corrected chi connectivity index (χ1v) is 6.34. The van der Waals surface area contributed by atoms with Crippen LogP contribution in [0.1, 0.15) is 28.8 Å². The summed E-state index contributed by atoms with van der Waals surface area (Å²) in [5.74, 6) is -0.284. The second-order valence-corrected chi connectivity index (χ2v) is 4.59. The zero-order chi connectivity index (χ0) is 14.5. The molecule has 0 radical (unpaired) electrons. The minimum Gasteiger partial charge on any atom is -0.490 e. The van der Waals surface area contributed by atoms with E-state index in [1.165, 1.54) is 6.07 Å². The summed E-state index contributed by atoms with van der Waals surface area (Å²) >= 11 is 0. The summed E-state index contributed by atoms with van der Waals surface area (Å²) in [5.41, 5.74) is 2.83. The topological polar surface area (TPSA) is 59.0 Å². The summed E-state index contributed by atoms with van der Waals surface area (Å²) in [7, 11) is 0. The molecule has 4 nitrogen and oxygen atoms in total. The first-order valence-electron chi connectivity index (χ1n) is 6.34. The molecule has 0 amide bonds. The maximum atomic E-state index is 13.8. The lowest BCUT2D eigenvalue weighted by atomic mass is 10.1. The van der Waals surface area contributed by atoms with Crippen molar-refractivity contribution in [3.63, 3.8) is 0 Å². The molecular weight excluding hydrogens is 259 g/mol. The summed E-state index contributed by atoms with van der Waals surface area (Å²) in [4.78, 5) is 0. The molecule has 104 valence electrons. The van der Waals surface area contributed by atoms with Crippen LogP contribution in [0.5, 0.6) is 5.75 Å². The van der Waals surface area contributed by atoms with E-state index in [0.717, 1.165) is 24.1 Å².